The Labute approximate surface area is 144 Å². The fourth-order valence-electron chi connectivity index (χ4n) is 3.14. The highest BCUT2D eigenvalue weighted by atomic mass is 32.1. The van der Waals surface area contributed by atoms with Gasteiger partial charge in [0.2, 0.25) is 11.8 Å². The standard InChI is InChI=1S/C18H17N3O2S/c22-17(10-14-12-23-18(20-14)16-6-3-9-24-16)21-8-2-5-15(21)13-4-1-7-19-11-13/h1,3-4,6-7,9,11-12,15H,2,5,8,10H2/t15-/m0/s1. The fraction of sp³-hybridized carbons (Fsp3) is 0.278. The third-order valence-electron chi connectivity index (χ3n) is 4.26. The minimum Gasteiger partial charge on any atom is -0.444 e. The van der Waals surface area contributed by atoms with Gasteiger partial charge in [-0.15, -0.1) is 11.3 Å². The van der Waals surface area contributed by atoms with Crippen LogP contribution in [0.1, 0.15) is 30.1 Å². The normalized spacial score (nSPS) is 17.3. The number of hydrogen-bond acceptors (Lipinski definition) is 5. The number of likely N-dealkylation sites (tertiary alicyclic amines) is 1. The molecule has 1 aliphatic heterocycles. The zero-order valence-corrected chi connectivity index (χ0v) is 13.9. The predicted molar refractivity (Wildman–Crippen MR) is 91.4 cm³/mol. The Bertz CT molecular complexity index is 814. The van der Waals surface area contributed by atoms with Crippen molar-refractivity contribution in [2.75, 3.05) is 6.54 Å². The van der Waals surface area contributed by atoms with E-state index >= 15 is 0 Å². The topological polar surface area (TPSA) is 59.2 Å². The van der Waals surface area contributed by atoms with Gasteiger partial charge >= 0.3 is 0 Å². The molecule has 0 radical (unpaired) electrons. The summed E-state index contributed by atoms with van der Waals surface area (Å²) in [6.45, 7) is 0.786. The summed E-state index contributed by atoms with van der Waals surface area (Å²) in [5, 5.41) is 1.98. The van der Waals surface area contributed by atoms with Crippen LogP contribution < -0.4 is 0 Å². The van der Waals surface area contributed by atoms with Gasteiger partial charge < -0.3 is 9.32 Å². The first-order chi connectivity index (χ1) is 11.8. The van der Waals surface area contributed by atoms with Crippen LogP contribution in [0.2, 0.25) is 0 Å². The number of amides is 1. The number of carbonyl (C=O) groups excluding carboxylic acids is 1. The van der Waals surface area contributed by atoms with E-state index in [0.717, 1.165) is 29.8 Å². The quantitative estimate of drug-likeness (QED) is 0.727. The summed E-state index contributed by atoms with van der Waals surface area (Å²) >= 11 is 1.57. The summed E-state index contributed by atoms with van der Waals surface area (Å²) < 4.78 is 5.50. The average Bonchev–Trinajstić information content (AvgIpc) is 3.36. The first-order valence-corrected chi connectivity index (χ1v) is 8.87. The lowest BCUT2D eigenvalue weighted by molar-refractivity contribution is -0.131. The smallest absolute Gasteiger partial charge is 0.236 e. The lowest BCUT2D eigenvalue weighted by Crippen LogP contribution is -2.31. The van der Waals surface area contributed by atoms with Gasteiger partial charge in [0.05, 0.1) is 23.0 Å². The van der Waals surface area contributed by atoms with Crippen LogP contribution in [0.25, 0.3) is 10.8 Å². The third-order valence-corrected chi connectivity index (χ3v) is 5.12. The largest absolute Gasteiger partial charge is 0.444 e. The molecule has 4 heterocycles. The summed E-state index contributed by atoms with van der Waals surface area (Å²) in [5.74, 6) is 0.672. The van der Waals surface area contributed by atoms with E-state index in [-0.39, 0.29) is 18.4 Å². The zero-order chi connectivity index (χ0) is 16.4. The Balaban J connectivity index is 1.48. The van der Waals surface area contributed by atoms with E-state index in [2.05, 4.69) is 9.97 Å². The molecule has 0 aliphatic carbocycles. The minimum absolute atomic E-state index is 0.0902. The van der Waals surface area contributed by atoms with Crippen LogP contribution in [-0.2, 0) is 11.2 Å². The van der Waals surface area contributed by atoms with Gasteiger partial charge in [-0.25, -0.2) is 4.98 Å². The van der Waals surface area contributed by atoms with Crippen LogP contribution in [0, 0.1) is 0 Å². The van der Waals surface area contributed by atoms with E-state index in [1.807, 2.05) is 40.7 Å². The van der Waals surface area contributed by atoms with Crippen molar-refractivity contribution in [1.82, 2.24) is 14.9 Å². The number of carbonyl (C=O) groups is 1. The van der Waals surface area contributed by atoms with Crippen molar-refractivity contribution < 1.29 is 9.21 Å². The molecule has 1 amide bonds. The summed E-state index contributed by atoms with van der Waals surface area (Å²) in [5.41, 5.74) is 1.78. The van der Waals surface area contributed by atoms with E-state index in [1.54, 1.807) is 23.8 Å². The SMILES string of the molecule is O=C(Cc1coc(-c2cccs2)n1)N1CCC[C@H]1c1cccnc1. The molecular formula is C18H17N3O2S. The predicted octanol–water partition coefficient (Wildman–Crippen LogP) is 3.70. The molecular weight excluding hydrogens is 322 g/mol. The first kappa shape index (κ1) is 15.1. The zero-order valence-electron chi connectivity index (χ0n) is 13.1. The van der Waals surface area contributed by atoms with Crippen molar-refractivity contribution in [3.05, 3.63) is 59.6 Å². The maximum Gasteiger partial charge on any atom is 0.236 e. The fourth-order valence-corrected chi connectivity index (χ4v) is 3.80. The molecule has 6 heteroatoms. The van der Waals surface area contributed by atoms with Crippen LogP contribution in [-0.4, -0.2) is 27.3 Å². The van der Waals surface area contributed by atoms with E-state index in [1.165, 1.54) is 0 Å². The number of aromatic nitrogens is 2. The molecule has 0 aromatic carbocycles. The van der Waals surface area contributed by atoms with Crippen LogP contribution in [0.15, 0.2) is 52.7 Å². The number of rotatable bonds is 4. The van der Waals surface area contributed by atoms with Gasteiger partial charge in [0.1, 0.15) is 6.26 Å². The molecule has 3 aromatic heterocycles. The Hall–Kier alpha value is -2.47. The Morgan fingerprint density at radius 3 is 3.12 bits per heavy atom. The molecule has 1 fully saturated rings. The van der Waals surface area contributed by atoms with Gasteiger partial charge in [-0.1, -0.05) is 12.1 Å². The first-order valence-electron chi connectivity index (χ1n) is 7.99. The van der Waals surface area contributed by atoms with Gasteiger partial charge in [-0.3, -0.25) is 9.78 Å². The molecule has 0 N–H and O–H groups in total. The van der Waals surface area contributed by atoms with Crippen LogP contribution in [0.5, 0.6) is 0 Å². The second-order valence-corrected chi connectivity index (χ2v) is 6.78. The Morgan fingerprint density at radius 1 is 1.38 bits per heavy atom. The van der Waals surface area contributed by atoms with Crippen molar-refractivity contribution in [3.8, 4) is 10.8 Å². The summed E-state index contributed by atoms with van der Waals surface area (Å²) in [4.78, 5) is 24.3. The van der Waals surface area contributed by atoms with Crippen LogP contribution in [0.3, 0.4) is 0 Å². The number of nitrogens with zero attached hydrogens (tertiary/aromatic N) is 3. The van der Waals surface area contributed by atoms with Gasteiger partial charge in [0.15, 0.2) is 0 Å². The maximum absolute atomic E-state index is 12.7. The minimum atomic E-state index is 0.0902. The molecule has 3 aromatic rings. The van der Waals surface area contributed by atoms with E-state index in [4.69, 9.17) is 4.42 Å². The number of oxazole rings is 1. The highest BCUT2D eigenvalue weighted by Crippen LogP contribution is 2.32. The molecule has 24 heavy (non-hydrogen) atoms. The van der Waals surface area contributed by atoms with Crippen LogP contribution in [0.4, 0.5) is 0 Å². The highest BCUT2D eigenvalue weighted by molar-refractivity contribution is 7.13. The second-order valence-electron chi connectivity index (χ2n) is 5.83. The van der Waals surface area contributed by atoms with E-state index in [0.29, 0.717) is 11.6 Å². The molecule has 1 atom stereocenters. The van der Waals surface area contributed by atoms with Gasteiger partial charge in [0.25, 0.3) is 0 Å². The van der Waals surface area contributed by atoms with Gasteiger partial charge in [-0.05, 0) is 35.9 Å². The number of pyridine rings is 1. The summed E-state index contributed by atoms with van der Waals surface area (Å²) in [7, 11) is 0. The van der Waals surface area contributed by atoms with Crippen molar-refractivity contribution in [2.45, 2.75) is 25.3 Å². The second kappa shape index (κ2) is 6.57. The van der Waals surface area contributed by atoms with Crippen molar-refractivity contribution in [2.24, 2.45) is 0 Å². The van der Waals surface area contributed by atoms with Gasteiger partial charge in [0, 0.05) is 18.9 Å². The summed E-state index contributed by atoms with van der Waals surface area (Å²) in [6, 6.07) is 7.99. The molecule has 4 rings (SSSR count). The van der Waals surface area contributed by atoms with Crippen molar-refractivity contribution in [1.29, 1.82) is 0 Å². The van der Waals surface area contributed by atoms with E-state index < -0.39 is 0 Å². The lowest BCUT2D eigenvalue weighted by atomic mass is 10.1. The molecule has 5 nitrogen and oxygen atoms in total. The van der Waals surface area contributed by atoms with Crippen molar-refractivity contribution >= 4 is 17.2 Å². The van der Waals surface area contributed by atoms with E-state index in [9.17, 15) is 4.79 Å². The molecule has 1 aliphatic rings. The number of hydrogen-bond donors (Lipinski definition) is 0. The molecule has 0 unspecified atom stereocenters. The Morgan fingerprint density at radius 2 is 2.33 bits per heavy atom. The molecule has 122 valence electrons. The molecule has 0 bridgehead atoms. The summed E-state index contributed by atoms with van der Waals surface area (Å²) in [6.07, 6.45) is 7.46. The molecule has 0 spiro atoms. The Kier molecular flexibility index (Phi) is 4.13. The number of thiophene rings is 1. The molecule has 1 saturated heterocycles. The lowest BCUT2D eigenvalue weighted by Gasteiger charge is -2.24. The average molecular weight is 339 g/mol. The van der Waals surface area contributed by atoms with Crippen molar-refractivity contribution in [3.63, 3.8) is 0 Å². The van der Waals surface area contributed by atoms with Crippen LogP contribution >= 0.6 is 11.3 Å². The maximum atomic E-state index is 12.7. The van der Waals surface area contributed by atoms with Gasteiger partial charge in [-0.2, -0.15) is 0 Å². The highest BCUT2D eigenvalue weighted by Gasteiger charge is 2.30. The third kappa shape index (κ3) is 2.97. The monoisotopic (exact) mass is 339 g/mol. The molecule has 0 saturated carbocycles.